The molecule has 1 saturated heterocycles. The minimum atomic E-state index is -4.61. The minimum Gasteiger partial charge on any atom is -0.462 e. The van der Waals surface area contributed by atoms with Crippen molar-refractivity contribution in [2.24, 2.45) is 0 Å². The van der Waals surface area contributed by atoms with E-state index in [0.29, 0.717) is 30.4 Å². The number of rotatable bonds is 42. The molecule has 1 amide bonds. The van der Waals surface area contributed by atoms with Gasteiger partial charge in [0.1, 0.15) is 24.4 Å². The van der Waals surface area contributed by atoms with Crippen LogP contribution in [0, 0.1) is 0 Å². The zero-order chi connectivity index (χ0) is 52.9. The number of nitrogens with one attached hydrogen (secondary N) is 1. The second kappa shape index (κ2) is 38.4. The molecule has 3 aromatic carbocycles. The molecule has 1 fully saturated rings. The molecule has 74 heavy (non-hydrogen) atoms. The molecule has 412 valence electrons. The first-order chi connectivity index (χ1) is 36.2. The molecule has 1 heterocycles. The Bertz CT molecular complexity index is 1940. The van der Waals surface area contributed by atoms with Gasteiger partial charge in [0.05, 0.1) is 39.5 Å². The van der Waals surface area contributed by atoms with Gasteiger partial charge >= 0.3 is 19.8 Å². The van der Waals surface area contributed by atoms with Gasteiger partial charge in [0, 0.05) is 12.8 Å². The summed E-state index contributed by atoms with van der Waals surface area (Å²) < 4.78 is 65.8. The highest BCUT2D eigenvalue weighted by molar-refractivity contribution is 7.48. The van der Waals surface area contributed by atoms with Crippen LogP contribution in [-0.4, -0.2) is 67.8 Å². The summed E-state index contributed by atoms with van der Waals surface area (Å²) in [7, 11) is -4.61. The average Bonchev–Trinajstić information content (AvgIpc) is 3.40. The molecule has 0 spiro atoms. The van der Waals surface area contributed by atoms with Crippen molar-refractivity contribution in [3.05, 3.63) is 120 Å². The maximum Gasteiger partial charge on any atom is 0.475 e. The first-order valence-electron chi connectivity index (χ1n) is 28.0. The molecule has 6 unspecified atom stereocenters. The Labute approximate surface area is 444 Å². The molecular weight excluding hydrogens is 958 g/mol. The lowest BCUT2D eigenvalue weighted by Gasteiger charge is -2.46. The van der Waals surface area contributed by atoms with Crippen molar-refractivity contribution >= 4 is 25.7 Å². The smallest absolute Gasteiger partial charge is 0.462 e. The molecule has 0 saturated carbocycles. The number of phosphoric acid groups is 1. The topological polar surface area (TPSA) is 154 Å². The molecule has 1 N–H and O–H groups in total. The van der Waals surface area contributed by atoms with Crippen LogP contribution in [0.1, 0.15) is 185 Å². The fourth-order valence-electron chi connectivity index (χ4n) is 8.91. The summed E-state index contributed by atoms with van der Waals surface area (Å²) >= 11 is 0. The summed E-state index contributed by atoms with van der Waals surface area (Å²) in [6.45, 7) is 9.90. The van der Waals surface area contributed by atoms with Gasteiger partial charge in [-0.2, -0.15) is 0 Å². The minimum absolute atomic E-state index is 0.0171. The zero-order valence-corrected chi connectivity index (χ0v) is 45.9. The average molecular weight is 1050 g/mol. The van der Waals surface area contributed by atoms with Crippen molar-refractivity contribution in [2.75, 3.05) is 13.2 Å². The van der Waals surface area contributed by atoms with E-state index in [2.05, 4.69) is 25.7 Å². The Morgan fingerprint density at radius 3 is 1.64 bits per heavy atom. The number of benzene rings is 3. The highest BCUT2D eigenvalue weighted by Gasteiger charge is 2.53. The number of unbranched alkanes of at least 4 members (excludes halogenated alkanes) is 16. The van der Waals surface area contributed by atoms with Gasteiger partial charge in [-0.15, -0.1) is 6.58 Å². The number of amides is 1. The third-order valence-corrected chi connectivity index (χ3v) is 14.4. The van der Waals surface area contributed by atoms with E-state index < -0.39 is 50.5 Å². The van der Waals surface area contributed by atoms with Crippen LogP contribution in [-0.2, 0) is 76.0 Å². The van der Waals surface area contributed by atoms with Gasteiger partial charge in [-0.25, -0.2) is 4.57 Å². The highest BCUT2D eigenvalue weighted by atomic mass is 31.2. The lowest BCUT2D eigenvalue weighted by Crippen LogP contribution is -2.66. The maximum absolute atomic E-state index is 15.2. The first kappa shape index (κ1) is 62.3. The Morgan fingerprint density at radius 2 is 1.12 bits per heavy atom. The number of phosphoric ester groups is 1. The van der Waals surface area contributed by atoms with Gasteiger partial charge in [0.15, 0.2) is 12.4 Å². The highest BCUT2D eigenvalue weighted by Crippen LogP contribution is 2.54. The molecule has 14 heteroatoms. The number of hydrogen-bond donors (Lipinski definition) is 1. The van der Waals surface area contributed by atoms with Gasteiger partial charge in [-0.3, -0.25) is 28.0 Å². The van der Waals surface area contributed by atoms with E-state index in [1.807, 2.05) is 97.9 Å². The van der Waals surface area contributed by atoms with Gasteiger partial charge < -0.3 is 29.0 Å². The number of hydrogen-bond acceptors (Lipinski definition) is 12. The first-order valence-corrected chi connectivity index (χ1v) is 29.5. The summed E-state index contributed by atoms with van der Waals surface area (Å²) in [4.78, 5) is 41.8. The molecule has 1 aliphatic heterocycles. The fraction of sp³-hybridized carbons (Fsp3) is 0.617. The largest absolute Gasteiger partial charge is 0.475 e. The maximum atomic E-state index is 15.2. The SMILES string of the molecule is C=CCOC1OC(COCc2ccccc2)C(OP(=O)(OCc2ccccc2)OCc2ccccc2)C(OC(=O)CC(CCCCCCCCCCC)OC(=O)CCCCCCCCCCC)C1NC(=O)CCC. The Hall–Kier alpha value is -4.20. The van der Waals surface area contributed by atoms with E-state index in [0.717, 1.165) is 50.5 Å². The molecule has 0 bridgehead atoms. The van der Waals surface area contributed by atoms with Crippen molar-refractivity contribution in [1.29, 1.82) is 0 Å². The lowest BCUT2D eigenvalue weighted by atomic mass is 9.96. The van der Waals surface area contributed by atoms with Gasteiger partial charge in [-0.05, 0) is 42.4 Å². The predicted molar refractivity (Wildman–Crippen MR) is 291 cm³/mol. The van der Waals surface area contributed by atoms with Crippen LogP contribution in [0.2, 0.25) is 0 Å². The standard InChI is InChI=1S/C60H90NO12P/c1-5-9-11-13-15-17-19-21-32-41-52(70-55(63)42-33-22-20-18-16-14-12-10-6-2)44-56(64)72-59-57(61-54(62)34-7-3)60(67-43-8-4)71-53(48-66-45-49-35-26-23-27-36-49)58(59)73-74(65,68-46-50-37-28-24-29-38-50)69-47-51-39-30-25-31-40-51/h8,23-31,35-40,52-53,57-60H,4-7,9-22,32-34,41-48H2,1-3H3,(H,61,62). The van der Waals surface area contributed by atoms with Crippen molar-refractivity contribution in [3.63, 3.8) is 0 Å². The molecule has 6 atom stereocenters. The van der Waals surface area contributed by atoms with Crippen LogP contribution in [0.25, 0.3) is 0 Å². The Morgan fingerprint density at radius 1 is 0.622 bits per heavy atom. The molecule has 0 radical (unpaired) electrons. The Balaban J connectivity index is 1.66. The molecule has 4 rings (SSSR count). The van der Waals surface area contributed by atoms with Crippen LogP contribution < -0.4 is 5.32 Å². The second-order valence-electron chi connectivity index (χ2n) is 19.5. The predicted octanol–water partition coefficient (Wildman–Crippen LogP) is 14.4. The summed E-state index contributed by atoms with van der Waals surface area (Å²) in [6, 6.07) is 26.8. The molecule has 0 aliphatic carbocycles. The quantitative estimate of drug-likeness (QED) is 0.0249. The van der Waals surface area contributed by atoms with Crippen LogP contribution in [0.15, 0.2) is 104 Å². The number of carbonyl (C=O) groups is 3. The number of carbonyl (C=O) groups excluding carboxylic acids is 3. The van der Waals surface area contributed by atoms with E-state index in [9.17, 15) is 14.4 Å². The van der Waals surface area contributed by atoms with E-state index in [-0.39, 0.29) is 64.2 Å². The van der Waals surface area contributed by atoms with Gasteiger partial charge in [-0.1, -0.05) is 221 Å². The molecular formula is C60H90NO12P. The summed E-state index contributed by atoms with van der Waals surface area (Å²) in [5.74, 6) is -1.42. The van der Waals surface area contributed by atoms with E-state index in [4.69, 9.17) is 37.3 Å². The molecule has 1 aliphatic rings. The molecule has 0 aromatic heterocycles. The molecule has 13 nitrogen and oxygen atoms in total. The summed E-state index contributed by atoms with van der Waals surface area (Å²) in [5, 5.41) is 3.00. The van der Waals surface area contributed by atoms with Crippen LogP contribution in [0.4, 0.5) is 0 Å². The van der Waals surface area contributed by atoms with Crippen LogP contribution in [0.5, 0.6) is 0 Å². The van der Waals surface area contributed by atoms with Gasteiger partial charge in [0.25, 0.3) is 0 Å². The Kier molecular flexibility index (Phi) is 32.3. The van der Waals surface area contributed by atoms with Crippen molar-refractivity contribution in [3.8, 4) is 0 Å². The van der Waals surface area contributed by atoms with Crippen molar-refractivity contribution < 1.29 is 56.2 Å². The number of esters is 2. The van der Waals surface area contributed by atoms with E-state index in [1.165, 1.54) is 64.2 Å². The van der Waals surface area contributed by atoms with Crippen LogP contribution in [0.3, 0.4) is 0 Å². The normalized spacial score (nSPS) is 18.1. The van der Waals surface area contributed by atoms with Crippen molar-refractivity contribution in [2.45, 2.75) is 225 Å². The lowest BCUT2D eigenvalue weighted by molar-refractivity contribution is -0.271. The monoisotopic (exact) mass is 1050 g/mol. The summed E-state index contributed by atoms with van der Waals surface area (Å²) in [6.07, 6.45) is 16.8. The van der Waals surface area contributed by atoms with Gasteiger partial charge in [0.2, 0.25) is 5.91 Å². The third kappa shape index (κ3) is 26.0. The summed E-state index contributed by atoms with van der Waals surface area (Å²) in [5.41, 5.74) is 2.30. The van der Waals surface area contributed by atoms with E-state index in [1.54, 1.807) is 6.08 Å². The second-order valence-corrected chi connectivity index (χ2v) is 21.1. The zero-order valence-electron chi connectivity index (χ0n) is 45.1. The van der Waals surface area contributed by atoms with Crippen LogP contribution >= 0.6 is 7.82 Å². The fourth-order valence-corrected chi connectivity index (χ4v) is 10.3. The molecule has 3 aromatic rings. The van der Waals surface area contributed by atoms with Crippen molar-refractivity contribution in [1.82, 2.24) is 5.32 Å². The number of ether oxygens (including phenoxy) is 5. The third-order valence-electron chi connectivity index (χ3n) is 13.0. The van der Waals surface area contributed by atoms with E-state index >= 15 is 4.57 Å².